The van der Waals surface area contributed by atoms with Crippen LogP contribution in [0.1, 0.15) is 15.9 Å². The second kappa shape index (κ2) is 7.67. The molecule has 0 saturated carbocycles. The van der Waals surface area contributed by atoms with Gasteiger partial charge in [0.05, 0.1) is 18.6 Å². The number of carbonyl (C=O) groups is 2. The molecule has 1 atom stereocenters. The van der Waals surface area contributed by atoms with E-state index in [1.807, 2.05) is 0 Å². The molecule has 1 heterocycles. The van der Waals surface area contributed by atoms with Gasteiger partial charge in [0.2, 0.25) is 10.0 Å². The monoisotopic (exact) mass is 409 g/mol. The van der Waals surface area contributed by atoms with E-state index in [1.165, 1.54) is 37.4 Å². The SMILES string of the molecule is COC(=O)[C@H]1Cc2cc(C(=O)CNS(=O)(=O)c3ccc(Cl)cc3)ccc2O1. The summed E-state index contributed by atoms with van der Waals surface area (Å²) in [4.78, 5) is 24.0. The van der Waals surface area contributed by atoms with Crippen molar-refractivity contribution in [1.29, 1.82) is 0 Å². The summed E-state index contributed by atoms with van der Waals surface area (Å²) >= 11 is 5.75. The number of hydrogen-bond donors (Lipinski definition) is 1. The first-order chi connectivity index (χ1) is 12.8. The van der Waals surface area contributed by atoms with Gasteiger partial charge in [0.15, 0.2) is 11.9 Å². The molecule has 7 nitrogen and oxygen atoms in total. The number of carbonyl (C=O) groups excluding carboxylic acids is 2. The fraction of sp³-hybridized carbons (Fsp3) is 0.222. The normalized spacial score (nSPS) is 15.7. The molecule has 3 rings (SSSR count). The Morgan fingerprint density at radius 2 is 1.93 bits per heavy atom. The van der Waals surface area contributed by atoms with Gasteiger partial charge in [0, 0.05) is 17.0 Å². The van der Waals surface area contributed by atoms with Crippen molar-refractivity contribution in [2.45, 2.75) is 17.4 Å². The van der Waals surface area contributed by atoms with Crippen LogP contribution in [-0.2, 0) is 26.0 Å². The van der Waals surface area contributed by atoms with Crippen molar-refractivity contribution >= 4 is 33.4 Å². The summed E-state index contributed by atoms with van der Waals surface area (Å²) in [5, 5.41) is 0.413. The Kier molecular flexibility index (Phi) is 5.50. The lowest BCUT2D eigenvalue weighted by molar-refractivity contribution is -0.147. The Morgan fingerprint density at radius 3 is 2.59 bits per heavy atom. The van der Waals surface area contributed by atoms with Gasteiger partial charge in [-0.15, -0.1) is 0 Å². The van der Waals surface area contributed by atoms with Crippen LogP contribution >= 0.6 is 11.6 Å². The highest BCUT2D eigenvalue weighted by Gasteiger charge is 2.30. The number of nitrogens with one attached hydrogen (secondary N) is 1. The Labute approximate surface area is 161 Å². The number of sulfonamides is 1. The lowest BCUT2D eigenvalue weighted by Gasteiger charge is -2.07. The molecule has 0 bridgehead atoms. The molecular weight excluding hydrogens is 394 g/mol. The highest BCUT2D eigenvalue weighted by molar-refractivity contribution is 7.89. The Hall–Kier alpha value is -2.42. The van der Waals surface area contributed by atoms with Crippen LogP contribution in [0.4, 0.5) is 0 Å². The molecule has 2 aromatic carbocycles. The summed E-state index contributed by atoms with van der Waals surface area (Å²) in [5.41, 5.74) is 1.01. The van der Waals surface area contributed by atoms with Crippen LogP contribution in [0.3, 0.4) is 0 Å². The summed E-state index contributed by atoms with van der Waals surface area (Å²) in [5.74, 6) is -0.393. The van der Waals surface area contributed by atoms with E-state index in [0.717, 1.165) is 0 Å². The highest BCUT2D eigenvalue weighted by atomic mass is 35.5. The molecule has 1 aliphatic rings. The van der Waals surface area contributed by atoms with E-state index in [2.05, 4.69) is 9.46 Å². The van der Waals surface area contributed by atoms with Gasteiger partial charge in [0.25, 0.3) is 0 Å². The van der Waals surface area contributed by atoms with Crippen LogP contribution in [0.2, 0.25) is 5.02 Å². The third-order valence-electron chi connectivity index (χ3n) is 4.07. The zero-order valence-corrected chi connectivity index (χ0v) is 15.8. The zero-order chi connectivity index (χ0) is 19.6. The molecule has 0 amide bonds. The maximum Gasteiger partial charge on any atom is 0.347 e. The quantitative estimate of drug-likeness (QED) is 0.578. The lowest BCUT2D eigenvalue weighted by Crippen LogP contribution is -2.29. The first-order valence-electron chi connectivity index (χ1n) is 7.96. The molecule has 0 aromatic heterocycles. The number of halogens is 1. The van der Waals surface area contributed by atoms with Gasteiger partial charge < -0.3 is 9.47 Å². The van der Waals surface area contributed by atoms with Crippen molar-refractivity contribution in [2.75, 3.05) is 13.7 Å². The Bertz CT molecular complexity index is 987. The molecule has 0 unspecified atom stereocenters. The summed E-state index contributed by atoms with van der Waals surface area (Å²) in [7, 11) is -2.56. The molecule has 9 heteroatoms. The predicted octanol–water partition coefficient (Wildman–Crippen LogP) is 1.98. The molecule has 2 aromatic rings. The Morgan fingerprint density at radius 1 is 1.22 bits per heavy atom. The van der Waals surface area contributed by atoms with Gasteiger partial charge in [-0.1, -0.05) is 11.6 Å². The predicted molar refractivity (Wildman–Crippen MR) is 97.5 cm³/mol. The highest BCUT2D eigenvalue weighted by Crippen LogP contribution is 2.30. The number of ether oxygens (including phenoxy) is 2. The van der Waals surface area contributed by atoms with Crippen LogP contribution in [0.25, 0.3) is 0 Å². The first-order valence-corrected chi connectivity index (χ1v) is 9.82. The largest absolute Gasteiger partial charge is 0.478 e. The number of hydrogen-bond acceptors (Lipinski definition) is 6. The van der Waals surface area contributed by atoms with Crippen molar-refractivity contribution in [3.63, 3.8) is 0 Å². The van der Waals surface area contributed by atoms with Crippen molar-refractivity contribution in [2.24, 2.45) is 0 Å². The maximum absolute atomic E-state index is 12.4. The average molecular weight is 410 g/mol. The smallest absolute Gasteiger partial charge is 0.347 e. The summed E-state index contributed by atoms with van der Waals surface area (Å²) < 4.78 is 36.9. The number of Topliss-reactive ketones (excluding diaryl/α,β-unsaturated/α-hetero) is 1. The van der Waals surface area contributed by atoms with Crippen LogP contribution in [0, 0.1) is 0 Å². The first kappa shape index (κ1) is 19.3. The number of methoxy groups -OCH3 is 1. The summed E-state index contributed by atoms with van der Waals surface area (Å²) in [6, 6.07) is 10.3. The minimum absolute atomic E-state index is 0.0166. The molecule has 1 aliphatic heterocycles. The second-order valence-corrected chi connectivity index (χ2v) is 8.06. The van der Waals surface area contributed by atoms with Gasteiger partial charge in [0.1, 0.15) is 5.75 Å². The fourth-order valence-corrected chi connectivity index (χ4v) is 3.75. The van der Waals surface area contributed by atoms with Crippen molar-refractivity contribution in [3.05, 3.63) is 58.6 Å². The van der Waals surface area contributed by atoms with E-state index < -0.39 is 34.4 Å². The fourth-order valence-electron chi connectivity index (χ4n) is 2.64. The standard InChI is InChI=1S/C18H16ClNO6S/c1-25-18(22)17-9-12-8-11(2-7-16(12)26-17)15(21)10-20-27(23,24)14-5-3-13(19)4-6-14/h2-8,17,20H,9-10H2,1H3/t17-/m1/s1. The van der Waals surface area contributed by atoms with Crippen LogP contribution in [0.15, 0.2) is 47.4 Å². The number of ketones is 1. The van der Waals surface area contributed by atoms with E-state index in [9.17, 15) is 18.0 Å². The van der Waals surface area contributed by atoms with E-state index in [0.29, 0.717) is 28.3 Å². The van der Waals surface area contributed by atoms with Gasteiger partial charge in [-0.2, -0.15) is 0 Å². The molecule has 27 heavy (non-hydrogen) atoms. The van der Waals surface area contributed by atoms with Crippen molar-refractivity contribution < 1.29 is 27.5 Å². The zero-order valence-electron chi connectivity index (χ0n) is 14.3. The summed E-state index contributed by atoms with van der Waals surface area (Å²) in [6.07, 6.45) is -0.446. The minimum atomic E-state index is -3.83. The maximum atomic E-state index is 12.4. The molecule has 1 N–H and O–H groups in total. The number of benzene rings is 2. The third kappa shape index (κ3) is 4.29. The molecule has 0 aliphatic carbocycles. The molecule has 0 radical (unpaired) electrons. The third-order valence-corrected chi connectivity index (χ3v) is 5.74. The van der Waals surface area contributed by atoms with Gasteiger partial charge in [-0.3, -0.25) is 4.79 Å². The van der Waals surface area contributed by atoms with Crippen molar-refractivity contribution in [1.82, 2.24) is 4.72 Å². The van der Waals surface area contributed by atoms with Gasteiger partial charge >= 0.3 is 5.97 Å². The van der Waals surface area contributed by atoms with E-state index in [4.69, 9.17) is 16.3 Å². The number of fused-ring (bicyclic) bond motifs is 1. The average Bonchev–Trinajstić information content (AvgIpc) is 3.09. The number of esters is 1. The second-order valence-electron chi connectivity index (χ2n) is 5.86. The minimum Gasteiger partial charge on any atom is -0.478 e. The molecular formula is C18H16ClNO6S. The van der Waals surface area contributed by atoms with E-state index in [1.54, 1.807) is 12.1 Å². The molecule has 0 spiro atoms. The molecule has 0 saturated heterocycles. The van der Waals surface area contributed by atoms with E-state index >= 15 is 0 Å². The summed E-state index contributed by atoms with van der Waals surface area (Å²) in [6.45, 7) is -0.398. The van der Waals surface area contributed by atoms with Crippen LogP contribution in [0.5, 0.6) is 5.75 Å². The van der Waals surface area contributed by atoms with Gasteiger partial charge in [-0.05, 0) is 48.0 Å². The number of rotatable bonds is 6. The molecule has 142 valence electrons. The topological polar surface area (TPSA) is 98.8 Å². The van der Waals surface area contributed by atoms with Crippen LogP contribution in [-0.4, -0.2) is 39.9 Å². The Balaban J connectivity index is 1.68. The lowest BCUT2D eigenvalue weighted by atomic mass is 10.0. The van der Waals surface area contributed by atoms with E-state index in [-0.39, 0.29) is 4.90 Å². The van der Waals surface area contributed by atoms with Crippen LogP contribution < -0.4 is 9.46 Å². The van der Waals surface area contributed by atoms with Crippen molar-refractivity contribution in [3.8, 4) is 5.75 Å². The molecule has 0 fully saturated rings. The van der Waals surface area contributed by atoms with Gasteiger partial charge in [-0.25, -0.2) is 17.9 Å².